The van der Waals surface area contributed by atoms with Crippen LogP contribution < -0.4 is 0 Å². The standard InChI is InChI=1S/C23H14N4O2/c1-29-22(28)16-10-11-26-27-20(13-25)19(12-24)23(21(16)27)17-8-4-2-6-14(17)15-7-3-5-9-18(15)23/h2-11,21H,1H3. The number of hydrogen-bond donors (Lipinski definition) is 0. The number of carbonyl (C=O) groups is 1. The monoisotopic (exact) mass is 378 g/mol. The molecule has 2 heterocycles. The van der Waals surface area contributed by atoms with Crippen LogP contribution in [0.4, 0.5) is 0 Å². The van der Waals surface area contributed by atoms with E-state index in [2.05, 4.69) is 17.2 Å². The second-order valence-corrected chi connectivity index (χ2v) is 6.97. The number of hydrogen-bond acceptors (Lipinski definition) is 6. The first kappa shape index (κ1) is 17.0. The first-order valence-corrected chi connectivity index (χ1v) is 9.06. The number of benzene rings is 2. The third-order valence-corrected chi connectivity index (χ3v) is 5.89. The largest absolute Gasteiger partial charge is 0.466 e. The SMILES string of the molecule is COC(=O)C1=CC=NN2C(C#N)=C(C#N)C3(c4ccccc4-c4ccccc43)C12. The average molecular weight is 378 g/mol. The molecule has 6 heteroatoms. The normalized spacial score (nSPS) is 19.8. The van der Waals surface area contributed by atoms with Gasteiger partial charge < -0.3 is 4.74 Å². The van der Waals surface area contributed by atoms with Crippen molar-refractivity contribution in [3.63, 3.8) is 0 Å². The maximum atomic E-state index is 12.7. The van der Waals surface area contributed by atoms with E-state index in [1.165, 1.54) is 18.3 Å². The Morgan fingerprint density at radius 3 is 2.24 bits per heavy atom. The van der Waals surface area contributed by atoms with Crippen LogP contribution in [0.15, 0.2) is 76.6 Å². The van der Waals surface area contributed by atoms with E-state index in [4.69, 9.17) is 4.74 Å². The van der Waals surface area contributed by atoms with Crippen molar-refractivity contribution < 1.29 is 9.53 Å². The predicted molar refractivity (Wildman–Crippen MR) is 105 cm³/mol. The number of ether oxygens (including phenoxy) is 1. The zero-order valence-electron chi connectivity index (χ0n) is 15.5. The van der Waals surface area contributed by atoms with E-state index in [0.717, 1.165) is 22.3 Å². The molecule has 0 radical (unpaired) electrons. The van der Waals surface area contributed by atoms with Crippen molar-refractivity contribution in [2.24, 2.45) is 5.10 Å². The second kappa shape index (κ2) is 5.92. The third kappa shape index (κ3) is 1.88. The quantitative estimate of drug-likeness (QED) is 0.712. The highest BCUT2D eigenvalue weighted by atomic mass is 16.5. The van der Waals surface area contributed by atoms with Gasteiger partial charge in [-0.3, -0.25) is 0 Å². The van der Waals surface area contributed by atoms with Crippen molar-refractivity contribution in [2.75, 3.05) is 7.11 Å². The van der Waals surface area contributed by atoms with Crippen LogP contribution in [0.2, 0.25) is 0 Å². The van der Waals surface area contributed by atoms with Crippen molar-refractivity contribution in [1.29, 1.82) is 10.5 Å². The summed E-state index contributed by atoms with van der Waals surface area (Å²) in [6.45, 7) is 0. The predicted octanol–water partition coefficient (Wildman–Crippen LogP) is 3.04. The summed E-state index contributed by atoms with van der Waals surface area (Å²) in [5.41, 5.74) is 3.49. The molecule has 0 amide bonds. The number of carbonyl (C=O) groups excluding carboxylic acids is 1. The molecule has 3 aliphatic rings. The minimum Gasteiger partial charge on any atom is -0.466 e. The lowest BCUT2D eigenvalue weighted by molar-refractivity contribution is -0.137. The molecule has 138 valence electrons. The molecule has 6 nitrogen and oxygen atoms in total. The number of nitrogens with zero attached hydrogens (tertiary/aromatic N) is 4. The Labute approximate surface area is 167 Å². The van der Waals surface area contributed by atoms with Gasteiger partial charge in [0.25, 0.3) is 0 Å². The van der Waals surface area contributed by atoms with E-state index in [-0.39, 0.29) is 11.3 Å². The number of hydrazone groups is 1. The zero-order valence-corrected chi connectivity index (χ0v) is 15.5. The van der Waals surface area contributed by atoms with E-state index < -0.39 is 17.4 Å². The molecule has 0 saturated heterocycles. The Morgan fingerprint density at radius 1 is 1.07 bits per heavy atom. The van der Waals surface area contributed by atoms with E-state index in [9.17, 15) is 15.3 Å². The van der Waals surface area contributed by atoms with Crippen LogP contribution in [0, 0.1) is 22.7 Å². The van der Waals surface area contributed by atoms with E-state index in [1.807, 2.05) is 48.5 Å². The fraction of sp³-hybridized carbons (Fsp3) is 0.130. The molecule has 2 aliphatic heterocycles. The maximum Gasteiger partial charge on any atom is 0.336 e. The molecule has 2 aromatic rings. The van der Waals surface area contributed by atoms with Gasteiger partial charge in [-0.1, -0.05) is 48.5 Å². The molecule has 0 aromatic heterocycles. The minimum atomic E-state index is -1.02. The molecule has 1 aliphatic carbocycles. The molecular weight excluding hydrogens is 364 g/mol. The van der Waals surface area contributed by atoms with Gasteiger partial charge in [-0.05, 0) is 28.3 Å². The Kier molecular flexibility index (Phi) is 3.46. The van der Waals surface area contributed by atoms with Crippen LogP contribution in [-0.2, 0) is 14.9 Å². The molecule has 1 atom stereocenters. The number of fused-ring (bicyclic) bond motifs is 7. The van der Waals surface area contributed by atoms with Gasteiger partial charge in [0.15, 0.2) is 5.70 Å². The van der Waals surface area contributed by atoms with Gasteiger partial charge in [-0.15, -0.1) is 0 Å². The smallest absolute Gasteiger partial charge is 0.336 e. The second-order valence-electron chi connectivity index (χ2n) is 6.97. The summed E-state index contributed by atoms with van der Waals surface area (Å²) < 4.78 is 5.03. The summed E-state index contributed by atoms with van der Waals surface area (Å²) in [5.74, 6) is -0.510. The van der Waals surface area contributed by atoms with Crippen molar-refractivity contribution in [3.8, 4) is 23.3 Å². The Bertz CT molecular complexity index is 1210. The molecule has 0 N–H and O–H groups in total. The minimum absolute atomic E-state index is 0.148. The highest BCUT2D eigenvalue weighted by Crippen LogP contribution is 2.61. The summed E-state index contributed by atoms with van der Waals surface area (Å²) in [6.07, 6.45) is 3.06. The van der Waals surface area contributed by atoms with Gasteiger partial charge in [-0.2, -0.15) is 15.6 Å². The third-order valence-electron chi connectivity index (χ3n) is 5.89. The van der Waals surface area contributed by atoms with Crippen LogP contribution in [0.1, 0.15) is 11.1 Å². The fourth-order valence-electron chi connectivity index (χ4n) is 4.90. The van der Waals surface area contributed by atoms with E-state index >= 15 is 0 Å². The lowest BCUT2D eigenvalue weighted by Crippen LogP contribution is -2.47. The van der Waals surface area contributed by atoms with Gasteiger partial charge in [0.2, 0.25) is 0 Å². The molecule has 0 fully saturated rings. The summed E-state index contributed by atoms with van der Waals surface area (Å²) in [7, 11) is 1.32. The molecule has 1 unspecified atom stereocenters. The number of allylic oxidation sites excluding steroid dienone is 2. The van der Waals surface area contributed by atoms with Crippen LogP contribution in [0.5, 0.6) is 0 Å². The molecular formula is C23H14N4O2. The van der Waals surface area contributed by atoms with E-state index in [1.54, 1.807) is 6.08 Å². The van der Waals surface area contributed by atoms with Crippen molar-refractivity contribution in [3.05, 3.63) is 82.6 Å². The maximum absolute atomic E-state index is 12.7. The fourth-order valence-corrected chi connectivity index (χ4v) is 4.90. The zero-order chi connectivity index (χ0) is 20.2. The molecule has 29 heavy (non-hydrogen) atoms. The molecule has 1 spiro atoms. The van der Waals surface area contributed by atoms with Crippen LogP contribution >= 0.6 is 0 Å². The Morgan fingerprint density at radius 2 is 1.69 bits per heavy atom. The highest BCUT2D eigenvalue weighted by molar-refractivity contribution is 5.98. The molecule has 5 rings (SSSR count). The van der Waals surface area contributed by atoms with Crippen LogP contribution in [-0.4, -0.2) is 30.3 Å². The van der Waals surface area contributed by atoms with Crippen molar-refractivity contribution in [1.82, 2.24) is 5.01 Å². The van der Waals surface area contributed by atoms with Gasteiger partial charge in [0, 0.05) is 6.21 Å². The number of nitriles is 2. The summed E-state index contributed by atoms with van der Waals surface area (Å²) >= 11 is 0. The van der Waals surface area contributed by atoms with Gasteiger partial charge in [0.1, 0.15) is 12.1 Å². The molecule has 2 aromatic carbocycles. The van der Waals surface area contributed by atoms with Crippen molar-refractivity contribution in [2.45, 2.75) is 11.5 Å². The number of methoxy groups -OCH3 is 1. The van der Waals surface area contributed by atoms with Crippen molar-refractivity contribution >= 4 is 12.2 Å². The summed E-state index contributed by atoms with van der Waals surface area (Å²) in [4.78, 5) is 12.7. The highest BCUT2D eigenvalue weighted by Gasteiger charge is 2.62. The summed E-state index contributed by atoms with van der Waals surface area (Å²) in [5, 5.41) is 26.0. The van der Waals surface area contributed by atoms with Crippen LogP contribution in [0.3, 0.4) is 0 Å². The molecule has 0 bridgehead atoms. The number of rotatable bonds is 1. The van der Waals surface area contributed by atoms with Gasteiger partial charge >= 0.3 is 5.97 Å². The van der Waals surface area contributed by atoms with Crippen LogP contribution in [0.25, 0.3) is 11.1 Å². The van der Waals surface area contributed by atoms with Gasteiger partial charge in [-0.25, -0.2) is 9.80 Å². The van der Waals surface area contributed by atoms with E-state index in [0.29, 0.717) is 5.57 Å². The topological polar surface area (TPSA) is 89.5 Å². The Hall–Kier alpha value is -4.16. The number of esters is 1. The first-order valence-electron chi connectivity index (χ1n) is 9.06. The van der Waals surface area contributed by atoms with Gasteiger partial charge in [0.05, 0.1) is 29.7 Å². The summed E-state index contributed by atoms with van der Waals surface area (Å²) in [6, 6.07) is 19.3. The Balaban J connectivity index is 1.95. The lowest BCUT2D eigenvalue weighted by atomic mass is 9.66. The lowest BCUT2D eigenvalue weighted by Gasteiger charge is -2.38. The molecule has 0 saturated carbocycles. The first-order chi connectivity index (χ1) is 14.2. The average Bonchev–Trinajstić information content (AvgIpc) is 3.24.